The number of carbonyl (C=O) groups is 3. The molecule has 0 aromatic heterocycles. The molecule has 0 spiro atoms. The Morgan fingerprint density at radius 3 is 1.12 bits per heavy atom. The van der Waals surface area contributed by atoms with E-state index in [1.807, 2.05) is 0 Å². The lowest BCUT2D eigenvalue weighted by molar-refractivity contribution is -0.167. The Labute approximate surface area is 395 Å². The monoisotopic (exact) mass is 891 g/mol. The summed E-state index contributed by atoms with van der Waals surface area (Å²) in [5, 5.41) is 0. The number of hydrogen-bond donors (Lipinski definition) is 0. The third-order valence-corrected chi connectivity index (χ3v) is 11.1. The highest BCUT2D eigenvalue weighted by Crippen LogP contribution is 2.14. The van der Waals surface area contributed by atoms with Gasteiger partial charge < -0.3 is 14.2 Å². The first-order valence-electron chi connectivity index (χ1n) is 26.6. The van der Waals surface area contributed by atoms with Crippen LogP contribution in [0.2, 0.25) is 0 Å². The Morgan fingerprint density at radius 2 is 0.672 bits per heavy atom. The minimum atomic E-state index is -0.805. The zero-order valence-electron chi connectivity index (χ0n) is 41.8. The van der Waals surface area contributed by atoms with Gasteiger partial charge in [-0.25, -0.2) is 0 Å². The number of allylic oxidation sites excluding steroid dienone is 14. The molecule has 0 aliphatic carbocycles. The highest BCUT2D eigenvalue weighted by Gasteiger charge is 2.19. The average molecular weight is 891 g/mol. The minimum Gasteiger partial charge on any atom is -0.462 e. The van der Waals surface area contributed by atoms with Gasteiger partial charge in [0.05, 0.1) is 0 Å². The maximum Gasteiger partial charge on any atom is 0.306 e. The van der Waals surface area contributed by atoms with Crippen LogP contribution in [0.1, 0.15) is 245 Å². The first kappa shape index (κ1) is 60.6. The van der Waals surface area contributed by atoms with E-state index in [1.54, 1.807) is 0 Å². The highest BCUT2D eigenvalue weighted by molar-refractivity contribution is 5.71. The Bertz CT molecular complexity index is 1250. The molecule has 0 aliphatic rings. The molecule has 0 saturated heterocycles. The van der Waals surface area contributed by atoms with E-state index in [0.29, 0.717) is 12.8 Å². The van der Waals surface area contributed by atoms with Gasteiger partial charge in [0.1, 0.15) is 13.2 Å². The van der Waals surface area contributed by atoms with Crippen LogP contribution in [0, 0.1) is 0 Å². The van der Waals surface area contributed by atoms with Gasteiger partial charge in [-0.3, -0.25) is 14.4 Å². The van der Waals surface area contributed by atoms with Crippen molar-refractivity contribution in [2.24, 2.45) is 0 Å². The fourth-order valence-corrected chi connectivity index (χ4v) is 7.11. The summed E-state index contributed by atoms with van der Waals surface area (Å²) in [6, 6.07) is 0. The van der Waals surface area contributed by atoms with Crippen molar-refractivity contribution >= 4 is 17.9 Å². The predicted molar refractivity (Wildman–Crippen MR) is 274 cm³/mol. The van der Waals surface area contributed by atoms with Crippen LogP contribution in [0.4, 0.5) is 0 Å². The summed E-state index contributed by atoms with van der Waals surface area (Å²) in [7, 11) is 0. The second-order valence-electron chi connectivity index (χ2n) is 17.4. The van der Waals surface area contributed by atoms with Crippen LogP contribution in [0.15, 0.2) is 85.1 Å². The molecule has 0 saturated carbocycles. The largest absolute Gasteiger partial charge is 0.462 e. The van der Waals surface area contributed by atoms with Crippen molar-refractivity contribution in [1.29, 1.82) is 0 Å². The highest BCUT2D eigenvalue weighted by atomic mass is 16.6. The van der Waals surface area contributed by atoms with Gasteiger partial charge in [-0.1, -0.05) is 209 Å². The van der Waals surface area contributed by atoms with Crippen molar-refractivity contribution in [2.45, 2.75) is 252 Å². The number of carbonyl (C=O) groups excluding carboxylic acids is 3. The standard InChI is InChI=1S/C58H98O6/c1-4-7-10-13-16-19-22-24-26-28-29-30-32-33-36-39-42-45-48-51-57(60)63-54-55(53-62-56(59)50-47-44-41-38-35-21-18-15-12-9-6-3)64-58(61)52-49-46-43-40-37-34-31-27-25-23-20-17-14-11-8-5-2/h8,11,15,17-18,20-21,25,27-29,34-35,37,55H,4-7,9-10,12-14,16,19,22-24,26,30-33,36,38-54H2,1-3H3/b11-8-,18-15-,20-17-,27-25-,29-28-,35-21-,37-34-. The van der Waals surface area contributed by atoms with E-state index in [1.165, 1.54) is 103 Å². The topological polar surface area (TPSA) is 78.9 Å². The first-order chi connectivity index (χ1) is 31.5. The fraction of sp³-hybridized carbons (Fsp3) is 0.707. The Hall–Kier alpha value is -3.41. The van der Waals surface area contributed by atoms with E-state index in [0.717, 1.165) is 103 Å². The smallest absolute Gasteiger partial charge is 0.306 e. The maximum atomic E-state index is 12.8. The first-order valence-corrected chi connectivity index (χ1v) is 26.6. The molecule has 6 nitrogen and oxygen atoms in total. The lowest BCUT2D eigenvalue weighted by atomic mass is 10.1. The van der Waals surface area contributed by atoms with Crippen molar-refractivity contribution < 1.29 is 28.6 Å². The van der Waals surface area contributed by atoms with Gasteiger partial charge in [-0.2, -0.15) is 0 Å². The van der Waals surface area contributed by atoms with Crippen LogP contribution < -0.4 is 0 Å². The van der Waals surface area contributed by atoms with Gasteiger partial charge in [0.2, 0.25) is 0 Å². The number of rotatable bonds is 47. The quantitative estimate of drug-likeness (QED) is 0.0199. The molecule has 0 aliphatic heterocycles. The fourth-order valence-electron chi connectivity index (χ4n) is 7.11. The van der Waals surface area contributed by atoms with E-state index in [9.17, 15) is 14.4 Å². The molecule has 0 bridgehead atoms. The van der Waals surface area contributed by atoms with Crippen LogP contribution in [-0.4, -0.2) is 37.2 Å². The number of unbranched alkanes of at least 4 members (excludes halogenated alkanes) is 23. The van der Waals surface area contributed by atoms with E-state index >= 15 is 0 Å². The number of hydrogen-bond acceptors (Lipinski definition) is 6. The molecular weight excluding hydrogens is 793 g/mol. The van der Waals surface area contributed by atoms with Crippen molar-refractivity contribution in [1.82, 2.24) is 0 Å². The minimum absolute atomic E-state index is 0.101. The SMILES string of the molecule is CC/C=C\C/C=C\C/C=C\C/C=C\CCCCCC(=O)OC(COC(=O)CCCCC/C=C\C=C/CCCC)COC(=O)CCCCCCCCC/C=C\CCCCCCCCCC. The lowest BCUT2D eigenvalue weighted by Gasteiger charge is -2.18. The molecular formula is C58H98O6. The second kappa shape index (κ2) is 52.2. The zero-order valence-corrected chi connectivity index (χ0v) is 41.8. The molecule has 0 N–H and O–H groups in total. The van der Waals surface area contributed by atoms with Crippen LogP contribution >= 0.6 is 0 Å². The van der Waals surface area contributed by atoms with Crippen LogP contribution in [-0.2, 0) is 28.6 Å². The Kier molecular flexibility index (Phi) is 49.4. The van der Waals surface area contributed by atoms with Crippen molar-refractivity contribution in [3.63, 3.8) is 0 Å². The normalized spacial score (nSPS) is 12.7. The summed E-state index contributed by atoms with van der Waals surface area (Å²) in [6.45, 7) is 6.42. The lowest BCUT2D eigenvalue weighted by Crippen LogP contribution is -2.30. The molecule has 64 heavy (non-hydrogen) atoms. The molecule has 6 heteroatoms. The molecule has 0 heterocycles. The maximum absolute atomic E-state index is 12.8. The van der Waals surface area contributed by atoms with Crippen LogP contribution in [0.5, 0.6) is 0 Å². The van der Waals surface area contributed by atoms with Crippen molar-refractivity contribution in [3.05, 3.63) is 85.1 Å². The molecule has 0 amide bonds. The van der Waals surface area contributed by atoms with Crippen LogP contribution in [0.25, 0.3) is 0 Å². The van der Waals surface area contributed by atoms with Gasteiger partial charge >= 0.3 is 17.9 Å². The summed E-state index contributed by atoms with van der Waals surface area (Å²) >= 11 is 0. The average Bonchev–Trinajstić information content (AvgIpc) is 3.29. The van der Waals surface area contributed by atoms with Crippen molar-refractivity contribution in [3.8, 4) is 0 Å². The molecule has 0 aromatic rings. The van der Waals surface area contributed by atoms with Gasteiger partial charge in [0, 0.05) is 19.3 Å². The zero-order chi connectivity index (χ0) is 46.5. The molecule has 0 aromatic carbocycles. The number of esters is 3. The Balaban J connectivity index is 4.42. The summed E-state index contributed by atoms with van der Waals surface area (Å²) in [5.41, 5.74) is 0. The molecule has 0 radical (unpaired) electrons. The van der Waals surface area contributed by atoms with Crippen LogP contribution in [0.3, 0.4) is 0 Å². The van der Waals surface area contributed by atoms with E-state index in [2.05, 4.69) is 106 Å². The van der Waals surface area contributed by atoms with Gasteiger partial charge in [0.15, 0.2) is 6.10 Å². The summed E-state index contributed by atoms with van der Waals surface area (Å²) in [5.74, 6) is -0.966. The number of ether oxygens (including phenoxy) is 3. The molecule has 0 fully saturated rings. The molecule has 1 atom stereocenters. The molecule has 1 unspecified atom stereocenters. The second-order valence-corrected chi connectivity index (χ2v) is 17.4. The van der Waals surface area contributed by atoms with E-state index in [-0.39, 0.29) is 37.5 Å². The predicted octanol–water partition coefficient (Wildman–Crippen LogP) is 17.6. The van der Waals surface area contributed by atoms with Gasteiger partial charge in [-0.05, 0) is 103 Å². The van der Waals surface area contributed by atoms with Gasteiger partial charge in [-0.15, -0.1) is 0 Å². The summed E-state index contributed by atoms with van der Waals surface area (Å²) in [6.07, 6.45) is 67.2. The van der Waals surface area contributed by atoms with Gasteiger partial charge in [0.25, 0.3) is 0 Å². The van der Waals surface area contributed by atoms with E-state index in [4.69, 9.17) is 14.2 Å². The summed E-state index contributed by atoms with van der Waals surface area (Å²) < 4.78 is 16.7. The summed E-state index contributed by atoms with van der Waals surface area (Å²) in [4.78, 5) is 38.0. The van der Waals surface area contributed by atoms with E-state index < -0.39 is 6.10 Å². The molecule has 0 rings (SSSR count). The van der Waals surface area contributed by atoms with Crippen molar-refractivity contribution in [2.75, 3.05) is 13.2 Å². The third kappa shape index (κ3) is 49.6. The third-order valence-electron chi connectivity index (χ3n) is 11.1. The molecule has 366 valence electrons. The Morgan fingerprint density at radius 1 is 0.344 bits per heavy atom.